The van der Waals surface area contributed by atoms with Crippen molar-refractivity contribution in [3.8, 4) is 0 Å². The van der Waals surface area contributed by atoms with Crippen molar-refractivity contribution in [2.45, 2.75) is 13.0 Å². The Bertz CT molecular complexity index is 97.6. The van der Waals surface area contributed by atoms with Crippen LogP contribution >= 0.6 is 11.8 Å². The highest BCUT2D eigenvalue weighted by Crippen LogP contribution is 2.06. The number of hydrogen-bond acceptors (Lipinski definition) is 3. The molecule has 0 bridgehead atoms. The Morgan fingerprint density at radius 1 is 1.70 bits per heavy atom. The molecule has 1 heterocycles. The quantitative estimate of drug-likeness (QED) is 0.600. The maximum absolute atomic E-state index is 5.40. The fourth-order valence-corrected chi connectivity index (χ4v) is 1.79. The molecule has 1 rings (SSSR count). The second-order valence-corrected chi connectivity index (χ2v) is 3.51. The lowest BCUT2D eigenvalue weighted by Crippen LogP contribution is -2.40. The fourth-order valence-electron chi connectivity index (χ4n) is 1.19. The highest BCUT2D eigenvalue weighted by atomic mass is 32.2. The molecule has 3 heteroatoms. The lowest BCUT2D eigenvalue weighted by Gasteiger charge is -2.30. The number of morpholine rings is 1. The third-order valence-electron chi connectivity index (χ3n) is 1.64. The van der Waals surface area contributed by atoms with Crippen molar-refractivity contribution in [1.29, 1.82) is 0 Å². The minimum atomic E-state index is 0.431. The van der Waals surface area contributed by atoms with Crippen molar-refractivity contribution in [2.75, 3.05) is 31.8 Å². The minimum Gasteiger partial charge on any atom is -0.376 e. The van der Waals surface area contributed by atoms with Gasteiger partial charge in [0.05, 0.1) is 12.7 Å². The van der Waals surface area contributed by atoms with Gasteiger partial charge in [-0.15, -0.1) is 11.8 Å². The van der Waals surface area contributed by atoms with E-state index in [-0.39, 0.29) is 0 Å². The molecule has 0 aromatic rings. The molecule has 1 atom stereocenters. The number of hydrogen-bond donors (Lipinski definition) is 0. The zero-order valence-corrected chi connectivity index (χ0v) is 7.49. The van der Waals surface area contributed by atoms with Gasteiger partial charge in [-0.3, -0.25) is 4.90 Å². The van der Waals surface area contributed by atoms with Crippen molar-refractivity contribution in [3.05, 3.63) is 0 Å². The molecule has 1 saturated heterocycles. The van der Waals surface area contributed by atoms with E-state index in [9.17, 15) is 0 Å². The molecule has 0 spiro atoms. The highest BCUT2D eigenvalue weighted by Gasteiger charge is 2.14. The Balaban J connectivity index is 2.18. The highest BCUT2D eigenvalue weighted by molar-refractivity contribution is 7.98. The van der Waals surface area contributed by atoms with Crippen molar-refractivity contribution in [2.24, 2.45) is 0 Å². The minimum absolute atomic E-state index is 0.431. The first-order chi connectivity index (χ1) is 4.83. The van der Waals surface area contributed by atoms with Crippen molar-refractivity contribution in [3.63, 3.8) is 0 Å². The summed E-state index contributed by atoms with van der Waals surface area (Å²) in [4.78, 5) is 2.43. The number of thioether (sulfide) groups is 1. The number of rotatable bonds is 2. The van der Waals surface area contributed by atoms with E-state index in [0.29, 0.717) is 6.10 Å². The van der Waals surface area contributed by atoms with Crippen LogP contribution in [0.4, 0.5) is 0 Å². The van der Waals surface area contributed by atoms with Crippen LogP contribution in [0, 0.1) is 0 Å². The first-order valence-corrected chi connectivity index (χ1v) is 5.05. The summed E-state index contributed by atoms with van der Waals surface area (Å²) in [7, 11) is 0. The summed E-state index contributed by atoms with van der Waals surface area (Å²) in [5, 5.41) is 0. The van der Waals surface area contributed by atoms with Crippen LogP contribution in [0.15, 0.2) is 0 Å². The summed E-state index contributed by atoms with van der Waals surface area (Å²) in [6.07, 6.45) is 2.57. The van der Waals surface area contributed by atoms with Gasteiger partial charge in [-0.1, -0.05) is 0 Å². The zero-order chi connectivity index (χ0) is 7.40. The first kappa shape index (κ1) is 8.37. The van der Waals surface area contributed by atoms with Crippen LogP contribution in [-0.4, -0.2) is 42.8 Å². The SMILES string of the molecule is CSCN1CCO[C@H](C)C1. The molecule has 0 radical (unpaired) electrons. The van der Waals surface area contributed by atoms with Gasteiger partial charge < -0.3 is 4.74 Å². The molecule has 0 aromatic heterocycles. The van der Waals surface area contributed by atoms with Crippen LogP contribution in [0.2, 0.25) is 0 Å². The van der Waals surface area contributed by atoms with E-state index in [4.69, 9.17) is 4.74 Å². The Morgan fingerprint density at radius 2 is 2.50 bits per heavy atom. The molecular weight excluding hydrogens is 146 g/mol. The van der Waals surface area contributed by atoms with Gasteiger partial charge in [0.2, 0.25) is 0 Å². The third kappa shape index (κ3) is 2.48. The monoisotopic (exact) mass is 161 g/mol. The maximum atomic E-state index is 5.40. The topological polar surface area (TPSA) is 12.5 Å². The molecule has 1 fully saturated rings. The normalized spacial score (nSPS) is 28.8. The molecular formula is C7H15NOS. The second kappa shape index (κ2) is 4.21. The standard InChI is InChI=1S/C7H15NOS/c1-7-5-8(6-10-2)3-4-9-7/h7H,3-6H2,1-2H3/t7-/m1/s1. The van der Waals surface area contributed by atoms with Gasteiger partial charge >= 0.3 is 0 Å². The summed E-state index contributed by atoms with van der Waals surface area (Å²) >= 11 is 1.88. The number of nitrogens with zero attached hydrogens (tertiary/aromatic N) is 1. The van der Waals surface area contributed by atoms with Gasteiger partial charge in [0.15, 0.2) is 0 Å². The molecule has 1 aliphatic rings. The molecule has 0 N–H and O–H groups in total. The van der Waals surface area contributed by atoms with Crippen LogP contribution in [0.3, 0.4) is 0 Å². The van der Waals surface area contributed by atoms with Crippen LogP contribution in [0.1, 0.15) is 6.92 Å². The summed E-state index contributed by atoms with van der Waals surface area (Å²) in [6, 6.07) is 0. The van der Waals surface area contributed by atoms with Crippen molar-refractivity contribution >= 4 is 11.8 Å². The average molecular weight is 161 g/mol. The number of ether oxygens (including phenoxy) is 1. The van der Waals surface area contributed by atoms with Crippen LogP contribution in [0.25, 0.3) is 0 Å². The predicted octanol–water partition coefficient (Wildman–Crippen LogP) is 1.03. The summed E-state index contributed by atoms with van der Waals surface area (Å²) in [6.45, 7) is 5.24. The van der Waals surface area contributed by atoms with E-state index in [1.54, 1.807) is 0 Å². The molecule has 1 aliphatic heterocycles. The molecule has 0 aromatic carbocycles. The van der Waals surface area contributed by atoms with Crippen LogP contribution < -0.4 is 0 Å². The van der Waals surface area contributed by atoms with E-state index in [1.807, 2.05) is 11.8 Å². The zero-order valence-electron chi connectivity index (χ0n) is 6.67. The van der Waals surface area contributed by atoms with Crippen LogP contribution in [0.5, 0.6) is 0 Å². The lowest BCUT2D eigenvalue weighted by molar-refractivity contribution is -0.0109. The average Bonchev–Trinajstić information content (AvgIpc) is 1.88. The van der Waals surface area contributed by atoms with Crippen LogP contribution in [-0.2, 0) is 4.74 Å². The Morgan fingerprint density at radius 3 is 3.10 bits per heavy atom. The first-order valence-electron chi connectivity index (χ1n) is 3.66. The van der Waals surface area contributed by atoms with Crippen molar-refractivity contribution in [1.82, 2.24) is 4.90 Å². The Labute approximate surface area is 66.9 Å². The summed E-state index contributed by atoms with van der Waals surface area (Å²) in [5.41, 5.74) is 0. The fraction of sp³-hybridized carbons (Fsp3) is 1.00. The molecule has 0 amide bonds. The summed E-state index contributed by atoms with van der Waals surface area (Å²) < 4.78 is 5.40. The second-order valence-electron chi connectivity index (χ2n) is 2.68. The molecule has 10 heavy (non-hydrogen) atoms. The van der Waals surface area contributed by atoms with Gasteiger partial charge in [0.1, 0.15) is 0 Å². The Hall–Kier alpha value is 0.270. The van der Waals surface area contributed by atoms with Gasteiger partial charge in [-0.2, -0.15) is 0 Å². The largest absolute Gasteiger partial charge is 0.376 e. The smallest absolute Gasteiger partial charge is 0.0674 e. The molecule has 60 valence electrons. The van der Waals surface area contributed by atoms with E-state index in [2.05, 4.69) is 18.1 Å². The van der Waals surface area contributed by atoms with Gasteiger partial charge in [-0.25, -0.2) is 0 Å². The van der Waals surface area contributed by atoms with E-state index in [0.717, 1.165) is 25.6 Å². The van der Waals surface area contributed by atoms with Crippen molar-refractivity contribution < 1.29 is 4.74 Å². The van der Waals surface area contributed by atoms with Gasteiger partial charge in [0, 0.05) is 19.0 Å². The molecule has 2 nitrogen and oxygen atoms in total. The lowest BCUT2D eigenvalue weighted by atomic mass is 10.3. The maximum Gasteiger partial charge on any atom is 0.0674 e. The molecule has 0 aliphatic carbocycles. The van der Waals surface area contributed by atoms with Gasteiger partial charge in [0.25, 0.3) is 0 Å². The van der Waals surface area contributed by atoms with E-state index >= 15 is 0 Å². The predicted molar refractivity (Wildman–Crippen MR) is 45.4 cm³/mol. The van der Waals surface area contributed by atoms with E-state index < -0.39 is 0 Å². The van der Waals surface area contributed by atoms with Gasteiger partial charge in [-0.05, 0) is 13.2 Å². The summed E-state index contributed by atoms with van der Waals surface area (Å²) in [5.74, 6) is 1.15. The third-order valence-corrected chi connectivity index (χ3v) is 2.26. The molecule has 0 unspecified atom stereocenters. The molecule has 0 saturated carbocycles. The van der Waals surface area contributed by atoms with E-state index in [1.165, 1.54) is 0 Å². The Kier molecular flexibility index (Phi) is 3.52.